The molecule has 0 aliphatic carbocycles. The van der Waals surface area contributed by atoms with Gasteiger partial charge in [-0.1, -0.05) is 97.1 Å². The van der Waals surface area contributed by atoms with E-state index in [1.54, 1.807) is 6.20 Å². The van der Waals surface area contributed by atoms with Crippen molar-refractivity contribution in [1.29, 1.82) is 0 Å². The van der Waals surface area contributed by atoms with Gasteiger partial charge in [-0.25, -0.2) is 19.9 Å². The van der Waals surface area contributed by atoms with Crippen LogP contribution in [0, 0.1) is 0 Å². The van der Waals surface area contributed by atoms with Gasteiger partial charge in [0.1, 0.15) is 16.9 Å². The number of fused-ring (bicyclic) bond motifs is 4. The molecule has 0 saturated carbocycles. The molecule has 0 aliphatic heterocycles. The number of para-hydroxylation sites is 2. The summed E-state index contributed by atoms with van der Waals surface area (Å²) in [6, 6.07) is 40.0. The summed E-state index contributed by atoms with van der Waals surface area (Å²) >= 11 is 0. The molecule has 0 atom stereocenters. The van der Waals surface area contributed by atoms with Gasteiger partial charge in [-0.15, -0.1) is 0 Å². The van der Waals surface area contributed by atoms with Gasteiger partial charge in [-0.05, 0) is 24.3 Å². The Labute approximate surface area is 235 Å². The zero-order valence-corrected chi connectivity index (χ0v) is 21.8. The van der Waals surface area contributed by atoms with Crippen molar-refractivity contribution in [2.75, 3.05) is 0 Å². The number of aromatic nitrogens is 5. The number of pyridine rings is 2. The lowest BCUT2D eigenvalue weighted by atomic mass is 10.1. The molecule has 0 N–H and O–H groups in total. The first-order chi connectivity index (χ1) is 20.3. The first-order valence-electron chi connectivity index (χ1n) is 13.4. The molecule has 8 aromatic rings. The van der Waals surface area contributed by atoms with Crippen molar-refractivity contribution in [2.45, 2.75) is 0 Å². The fraction of sp³-hybridized carbons (Fsp3) is 0. The number of rotatable bonds is 4. The van der Waals surface area contributed by atoms with Crippen LogP contribution in [-0.4, -0.2) is 24.9 Å². The topological polar surface area (TPSA) is 77.6 Å². The quantitative estimate of drug-likeness (QED) is 0.229. The van der Waals surface area contributed by atoms with E-state index in [0.29, 0.717) is 17.5 Å². The minimum absolute atomic E-state index is 0.563. The normalized spacial score (nSPS) is 11.4. The number of benzene rings is 4. The Kier molecular flexibility index (Phi) is 5.35. The highest BCUT2D eigenvalue weighted by Crippen LogP contribution is 2.36. The third-order valence-electron chi connectivity index (χ3n) is 7.19. The highest BCUT2D eigenvalue weighted by atomic mass is 16.3. The van der Waals surface area contributed by atoms with E-state index in [2.05, 4.69) is 12.1 Å². The van der Waals surface area contributed by atoms with Crippen LogP contribution in [0.25, 0.3) is 78.4 Å². The van der Waals surface area contributed by atoms with E-state index in [-0.39, 0.29) is 0 Å². The summed E-state index contributed by atoms with van der Waals surface area (Å²) in [5.41, 5.74) is 6.59. The van der Waals surface area contributed by atoms with Gasteiger partial charge in [0.15, 0.2) is 17.5 Å². The fourth-order valence-electron chi connectivity index (χ4n) is 5.25. The van der Waals surface area contributed by atoms with Crippen molar-refractivity contribution in [1.82, 2.24) is 24.9 Å². The summed E-state index contributed by atoms with van der Waals surface area (Å²) < 4.78 is 6.11. The maximum atomic E-state index is 6.11. The Balaban J connectivity index is 1.36. The van der Waals surface area contributed by atoms with E-state index in [9.17, 15) is 0 Å². The van der Waals surface area contributed by atoms with Gasteiger partial charge in [-0.3, -0.25) is 4.98 Å². The molecule has 6 heteroatoms. The Morgan fingerprint density at radius 2 is 1.17 bits per heavy atom. The SMILES string of the molecule is c1ccc(-c2nc(-c3ccccc3)nc(-c3cccc4ccc(-c5nccc6oc7ccccc7c56)nc34)n2)cc1. The molecule has 0 amide bonds. The summed E-state index contributed by atoms with van der Waals surface area (Å²) in [5, 5.41) is 2.95. The molecule has 4 aromatic carbocycles. The van der Waals surface area contributed by atoms with E-state index in [0.717, 1.165) is 60.9 Å². The number of hydrogen-bond acceptors (Lipinski definition) is 6. The first-order valence-corrected chi connectivity index (χ1v) is 13.4. The summed E-state index contributed by atoms with van der Waals surface area (Å²) in [6.45, 7) is 0. The number of nitrogens with zero attached hydrogens (tertiary/aromatic N) is 5. The van der Waals surface area contributed by atoms with Crippen LogP contribution in [0.2, 0.25) is 0 Å². The predicted octanol–water partition coefficient (Wildman–Crippen LogP) is 8.38. The molecule has 4 heterocycles. The highest BCUT2D eigenvalue weighted by molar-refractivity contribution is 6.11. The van der Waals surface area contributed by atoms with Gasteiger partial charge in [0.2, 0.25) is 0 Å². The molecule has 6 nitrogen and oxygen atoms in total. The second-order valence-corrected chi connectivity index (χ2v) is 9.74. The maximum Gasteiger partial charge on any atom is 0.166 e. The lowest BCUT2D eigenvalue weighted by molar-refractivity contribution is 0.668. The molecular weight excluding hydrogens is 506 g/mol. The largest absolute Gasteiger partial charge is 0.456 e. The molecular formula is C35H21N5O. The van der Waals surface area contributed by atoms with Gasteiger partial charge in [0, 0.05) is 33.7 Å². The molecule has 0 unspecified atom stereocenters. The second kappa shape index (κ2) is 9.47. The average molecular weight is 528 g/mol. The summed E-state index contributed by atoms with van der Waals surface area (Å²) in [6.07, 6.45) is 1.77. The molecule has 8 rings (SSSR count). The van der Waals surface area contributed by atoms with Gasteiger partial charge < -0.3 is 4.42 Å². The Morgan fingerprint density at radius 3 is 1.93 bits per heavy atom. The molecule has 0 aliphatic rings. The van der Waals surface area contributed by atoms with Gasteiger partial charge in [0.25, 0.3) is 0 Å². The van der Waals surface area contributed by atoms with Gasteiger partial charge >= 0.3 is 0 Å². The Hall–Kier alpha value is -5.75. The molecule has 41 heavy (non-hydrogen) atoms. The van der Waals surface area contributed by atoms with Crippen LogP contribution in [-0.2, 0) is 0 Å². The average Bonchev–Trinajstić information content (AvgIpc) is 3.44. The Bertz CT molecular complexity index is 2150. The lowest BCUT2D eigenvalue weighted by Gasteiger charge is -2.11. The molecule has 0 saturated heterocycles. The third-order valence-corrected chi connectivity index (χ3v) is 7.19. The minimum Gasteiger partial charge on any atom is -0.456 e. The number of hydrogen-bond donors (Lipinski definition) is 0. The van der Waals surface area contributed by atoms with Crippen molar-refractivity contribution < 1.29 is 4.42 Å². The summed E-state index contributed by atoms with van der Waals surface area (Å²) in [4.78, 5) is 24.6. The van der Waals surface area contributed by atoms with Gasteiger partial charge in [-0.2, -0.15) is 0 Å². The van der Waals surface area contributed by atoms with Crippen LogP contribution in [0.3, 0.4) is 0 Å². The van der Waals surface area contributed by atoms with E-state index < -0.39 is 0 Å². The van der Waals surface area contributed by atoms with Crippen molar-refractivity contribution in [3.8, 4) is 45.6 Å². The maximum absolute atomic E-state index is 6.11. The molecule has 0 radical (unpaired) electrons. The van der Waals surface area contributed by atoms with Crippen LogP contribution >= 0.6 is 0 Å². The second-order valence-electron chi connectivity index (χ2n) is 9.74. The molecule has 192 valence electrons. The van der Waals surface area contributed by atoms with Crippen LogP contribution in [0.15, 0.2) is 132 Å². The number of furan rings is 1. The summed E-state index contributed by atoms with van der Waals surface area (Å²) in [5.74, 6) is 1.78. The zero-order chi connectivity index (χ0) is 27.2. The van der Waals surface area contributed by atoms with Crippen molar-refractivity contribution >= 4 is 32.8 Å². The van der Waals surface area contributed by atoms with Gasteiger partial charge in [0.05, 0.1) is 16.6 Å². The zero-order valence-electron chi connectivity index (χ0n) is 21.8. The molecule has 0 spiro atoms. The van der Waals surface area contributed by atoms with E-state index in [1.165, 1.54) is 0 Å². The van der Waals surface area contributed by atoms with Crippen LogP contribution in [0.5, 0.6) is 0 Å². The fourth-order valence-corrected chi connectivity index (χ4v) is 5.25. The Morgan fingerprint density at radius 1 is 0.488 bits per heavy atom. The lowest BCUT2D eigenvalue weighted by Crippen LogP contribution is -2.01. The van der Waals surface area contributed by atoms with Crippen molar-refractivity contribution in [2.24, 2.45) is 0 Å². The van der Waals surface area contributed by atoms with Crippen molar-refractivity contribution in [3.05, 3.63) is 128 Å². The van der Waals surface area contributed by atoms with E-state index in [1.807, 2.05) is 109 Å². The van der Waals surface area contributed by atoms with Crippen molar-refractivity contribution in [3.63, 3.8) is 0 Å². The first kappa shape index (κ1) is 23.2. The molecule has 0 bridgehead atoms. The van der Waals surface area contributed by atoms with Crippen LogP contribution in [0.4, 0.5) is 0 Å². The smallest absolute Gasteiger partial charge is 0.166 e. The molecule has 0 fully saturated rings. The van der Waals surface area contributed by atoms with Crippen LogP contribution < -0.4 is 0 Å². The monoisotopic (exact) mass is 527 g/mol. The minimum atomic E-state index is 0.563. The van der Waals surface area contributed by atoms with E-state index >= 15 is 0 Å². The molecule has 4 aromatic heterocycles. The standard InChI is InChI=1S/C35H21N5O/c1-3-10-23(11-4-1)33-38-34(24-12-5-2-6-13-24)40-35(39-33)26-16-9-14-22-18-19-27(37-31(22)26)32-30-25-15-7-8-17-28(25)41-29(30)20-21-36-32/h1-21H. The van der Waals surface area contributed by atoms with E-state index in [4.69, 9.17) is 29.3 Å². The third kappa shape index (κ3) is 4.01. The van der Waals surface area contributed by atoms with Crippen LogP contribution in [0.1, 0.15) is 0 Å². The predicted molar refractivity (Wildman–Crippen MR) is 162 cm³/mol. The highest BCUT2D eigenvalue weighted by Gasteiger charge is 2.18. The summed E-state index contributed by atoms with van der Waals surface area (Å²) in [7, 11) is 0.